The maximum Gasteiger partial charge on any atom is 0.160 e. The lowest BCUT2D eigenvalue weighted by molar-refractivity contribution is 0.936. The Morgan fingerprint density at radius 2 is 1.76 bits per heavy atom. The first-order chi connectivity index (χ1) is 10.3. The first-order valence-corrected chi connectivity index (χ1v) is 6.86. The molecule has 0 unspecified atom stereocenters. The molecule has 102 valence electrons. The van der Waals surface area contributed by atoms with Crippen molar-refractivity contribution in [3.63, 3.8) is 0 Å². The van der Waals surface area contributed by atoms with E-state index in [1.54, 1.807) is 0 Å². The molecule has 4 heteroatoms. The van der Waals surface area contributed by atoms with Gasteiger partial charge in [-0.2, -0.15) is 0 Å². The lowest BCUT2D eigenvalue weighted by atomic mass is 10.1. The van der Waals surface area contributed by atoms with Gasteiger partial charge in [-0.3, -0.25) is 4.40 Å². The summed E-state index contributed by atoms with van der Waals surface area (Å²) in [7, 11) is 0. The Kier molecular flexibility index (Phi) is 2.60. The largest absolute Gasteiger partial charge is 0.398 e. The summed E-state index contributed by atoms with van der Waals surface area (Å²) in [5.41, 5.74) is 8.59. The van der Waals surface area contributed by atoms with E-state index in [-0.39, 0.29) is 0 Å². The van der Waals surface area contributed by atoms with E-state index in [0.29, 0.717) is 5.69 Å². The van der Waals surface area contributed by atoms with Crippen molar-refractivity contribution in [2.45, 2.75) is 6.42 Å². The zero-order chi connectivity index (χ0) is 14.2. The summed E-state index contributed by atoms with van der Waals surface area (Å²) in [6, 6.07) is 18.5. The van der Waals surface area contributed by atoms with Gasteiger partial charge in [-0.05, 0) is 28.5 Å². The highest BCUT2D eigenvalue weighted by atomic mass is 15.2. The highest BCUT2D eigenvalue weighted by Gasteiger charge is 2.07. The molecule has 0 saturated carbocycles. The molecule has 2 aromatic carbocycles. The standard InChI is InChI=1S/C17H14N4/c18-15-7-8-16-19-20-17(21(16)11-15)10-12-5-6-13-3-1-2-4-14(13)9-12/h1-9,11H,10,18H2. The zero-order valence-corrected chi connectivity index (χ0v) is 11.4. The molecule has 0 radical (unpaired) electrons. The summed E-state index contributed by atoms with van der Waals surface area (Å²) < 4.78 is 1.95. The molecule has 2 aromatic heterocycles. The number of pyridine rings is 1. The number of aromatic nitrogens is 3. The van der Waals surface area contributed by atoms with Crippen LogP contribution >= 0.6 is 0 Å². The highest BCUT2D eigenvalue weighted by Crippen LogP contribution is 2.18. The summed E-state index contributed by atoms with van der Waals surface area (Å²) in [5.74, 6) is 0.896. The van der Waals surface area contributed by atoms with Crippen LogP contribution in [-0.4, -0.2) is 14.6 Å². The maximum absolute atomic E-state index is 5.84. The molecule has 2 N–H and O–H groups in total. The van der Waals surface area contributed by atoms with Gasteiger partial charge in [0.1, 0.15) is 5.82 Å². The third-order valence-electron chi connectivity index (χ3n) is 3.67. The minimum Gasteiger partial charge on any atom is -0.398 e. The number of fused-ring (bicyclic) bond motifs is 2. The van der Waals surface area contributed by atoms with E-state index in [1.165, 1.54) is 16.3 Å². The quantitative estimate of drug-likeness (QED) is 0.611. The molecule has 0 amide bonds. The minimum atomic E-state index is 0.710. The average Bonchev–Trinajstić information content (AvgIpc) is 2.89. The topological polar surface area (TPSA) is 56.2 Å². The number of hydrogen-bond acceptors (Lipinski definition) is 3. The molecule has 4 rings (SSSR count). The Hall–Kier alpha value is -2.88. The van der Waals surface area contributed by atoms with Crippen molar-refractivity contribution in [1.29, 1.82) is 0 Å². The fraction of sp³-hybridized carbons (Fsp3) is 0.0588. The fourth-order valence-corrected chi connectivity index (χ4v) is 2.61. The molecular formula is C17H14N4. The van der Waals surface area contributed by atoms with E-state index in [1.807, 2.05) is 22.7 Å². The van der Waals surface area contributed by atoms with E-state index in [0.717, 1.165) is 17.9 Å². The van der Waals surface area contributed by atoms with Crippen LogP contribution in [0.5, 0.6) is 0 Å². The predicted molar refractivity (Wildman–Crippen MR) is 84.2 cm³/mol. The molecule has 0 aliphatic carbocycles. The number of nitrogens with zero attached hydrogens (tertiary/aromatic N) is 3. The van der Waals surface area contributed by atoms with Gasteiger partial charge in [0, 0.05) is 18.3 Å². The van der Waals surface area contributed by atoms with Gasteiger partial charge in [-0.25, -0.2) is 0 Å². The van der Waals surface area contributed by atoms with Gasteiger partial charge in [0.25, 0.3) is 0 Å². The second kappa shape index (κ2) is 4.59. The Balaban J connectivity index is 1.77. The van der Waals surface area contributed by atoms with Crippen LogP contribution in [0.25, 0.3) is 16.4 Å². The smallest absolute Gasteiger partial charge is 0.160 e. The number of anilines is 1. The van der Waals surface area contributed by atoms with Gasteiger partial charge in [0.2, 0.25) is 0 Å². The third kappa shape index (κ3) is 2.10. The molecule has 4 aromatic rings. The van der Waals surface area contributed by atoms with Gasteiger partial charge >= 0.3 is 0 Å². The molecule has 0 aliphatic rings. The Bertz CT molecular complexity index is 940. The van der Waals surface area contributed by atoms with Crippen molar-refractivity contribution in [2.24, 2.45) is 0 Å². The molecular weight excluding hydrogens is 260 g/mol. The van der Waals surface area contributed by atoms with Gasteiger partial charge in [0.05, 0.1) is 0 Å². The van der Waals surface area contributed by atoms with Crippen LogP contribution in [0.4, 0.5) is 5.69 Å². The second-order valence-electron chi connectivity index (χ2n) is 5.17. The minimum absolute atomic E-state index is 0.710. The zero-order valence-electron chi connectivity index (χ0n) is 11.4. The van der Waals surface area contributed by atoms with Crippen LogP contribution < -0.4 is 5.73 Å². The van der Waals surface area contributed by atoms with Gasteiger partial charge in [-0.15, -0.1) is 10.2 Å². The summed E-state index contributed by atoms with van der Waals surface area (Å²) >= 11 is 0. The van der Waals surface area contributed by atoms with Crippen molar-refractivity contribution in [3.8, 4) is 0 Å². The molecule has 0 spiro atoms. The van der Waals surface area contributed by atoms with Gasteiger partial charge in [0.15, 0.2) is 5.65 Å². The van der Waals surface area contributed by atoms with Crippen molar-refractivity contribution < 1.29 is 0 Å². The van der Waals surface area contributed by atoms with E-state index in [9.17, 15) is 0 Å². The van der Waals surface area contributed by atoms with Crippen LogP contribution in [-0.2, 0) is 6.42 Å². The number of nitrogens with two attached hydrogens (primary N) is 1. The van der Waals surface area contributed by atoms with Crippen molar-refractivity contribution >= 4 is 22.1 Å². The SMILES string of the molecule is Nc1ccc2nnc(Cc3ccc4ccccc4c3)n2c1. The lowest BCUT2D eigenvalue weighted by Crippen LogP contribution is -1.98. The highest BCUT2D eigenvalue weighted by molar-refractivity contribution is 5.83. The molecule has 0 fully saturated rings. The van der Waals surface area contributed by atoms with Crippen LogP contribution in [0.1, 0.15) is 11.4 Å². The van der Waals surface area contributed by atoms with Crippen LogP contribution in [0, 0.1) is 0 Å². The van der Waals surface area contributed by atoms with E-state index < -0.39 is 0 Å². The molecule has 0 bridgehead atoms. The molecule has 0 aliphatic heterocycles. The lowest BCUT2D eigenvalue weighted by Gasteiger charge is -2.04. The summed E-state index contributed by atoms with van der Waals surface area (Å²) in [5, 5.41) is 10.9. The van der Waals surface area contributed by atoms with E-state index >= 15 is 0 Å². The van der Waals surface area contributed by atoms with Crippen molar-refractivity contribution in [1.82, 2.24) is 14.6 Å². The van der Waals surface area contributed by atoms with Gasteiger partial charge < -0.3 is 5.73 Å². The molecule has 0 saturated heterocycles. The number of benzene rings is 2. The Labute approximate surface area is 121 Å². The molecule has 4 nitrogen and oxygen atoms in total. The Morgan fingerprint density at radius 1 is 0.905 bits per heavy atom. The maximum atomic E-state index is 5.84. The van der Waals surface area contributed by atoms with Crippen molar-refractivity contribution in [3.05, 3.63) is 72.2 Å². The first kappa shape index (κ1) is 11.9. The van der Waals surface area contributed by atoms with Crippen molar-refractivity contribution in [2.75, 3.05) is 5.73 Å². The molecule has 21 heavy (non-hydrogen) atoms. The second-order valence-corrected chi connectivity index (χ2v) is 5.17. The number of nitrogen functional groups attached to an aromatic ring is 1. The third-order valence-corrected chi connectivity index (χ3v) is 3.67. The fourth-order valence-electron chi connectivity index (χ4n) is 2.61. The van der Waals surface area contributed by atoms with Crippen LogP contribution in [0.15, 0.2) is 60.8 Å². The summed E-state index contributed by atoms with van der Waals surface area (Å²) in [6.07, 6.45) is 2.60. The summed E-state index contributed by atoms with van der Waals surface area (Å²) in [6.45, 7) is 0. The van der Waals surface area contributed by atoms with E-state index in [4.69, 9.17) is 5.73 Å². The van der Waals surface area contributed by atoms with E-state index in [2.05, 4.69) is 52.7 Å². The van der Waals surface area contributed by atoms with Crippen LogP contribution in [0.2, 0.25) is 0 Å². The number of rotatable bonds is 2. The van der Waals surface area contributed by atoms with Crippen LogP contribution in [0.3, 0.4) is 0 Å². The monoisotopic (exact) mass is 274 g/mol. The first-order valence-electron chi connectivity index (χ1n) is 6.86. The molecule has 0 atom stereocenters. The van der Waals surface area contributed by atoms with Gasteiger partial charge in [-0.1, -0.05) is 42.5 Å². The average molecular weight is 274 g/mol. The number of hydrogen-bond donors (Lipinski definition) is 1. The molecule has 2 heterocycles. The normalized spacial score (nSPS) is 11.2. The Morgan fingerprint density at radius 3 is 2.67 bits per heavy atom. The predicted octanol–water partition coefficient (Wildman–Crippen LogP) is 3.06. The summed E-state index contributed by atoms with van der Waals surface area (Å²) in [4.78, 5) is 0.